The number of rotatable bonds is 5. The van der Waals surface area contributed by atoms with Gasteiger partial charge in [0.05, 0.1) is 11.4 Å². The second-order valence-electron chi connectivity index (χ2n) is 16.8. The lowest BCUT2D eigenvalue weighted by atomic mass is 9.66. The van der Waals surface area contributed by atoms with Crippen molar-refractivity contribution in [2.45, 2.75) is 5.92 Å². The van der Waals surface area contributed by atoms with E-state index in [1.54, 1.807) is 0 Å². The maximum absolute atomic E-state index is 5.41. The van der Waals surface area contributed by atoms with Crippen LogP contribution in [0.3, 0.4) is 0 Å². The highest BCUT2D eigenvalue weighted by Gasteiger charge is 2.36. The standard InChI is InChI=1S/C60H38N2/c1-2-15-40(16-3-1)58-57-51-25-11-19-39-20-12-26-52(54(39)51)59(57)62-60(61-58)47-22-10-21-43(35-47)44-31-32-50-53(36-44)56(46-30-28-38-14-5-7-18-42(38)34-46)49-24-9-8-23-48(49)55(50)45-29-27-37-13-4-6-17-41(37)33-45/h1-36,48,55H. The lowest BCUT2D eigenvalue weighted by Gasteiger charge is -2.37. The van der Waals surface area contributed by atoms with E-state index in [9.17, 15) is 0 Å². The number of fused-ring (bicyclic) bond motifs is 7. The second-order valence-corrected chi connectivity index (χ2v) is 16.8. The largest absolute Gasteiger partial charge is 0.227 e. The Morgan fingerprint density at radius 3 is 1.87 bits per heavy atom. The lowest BCUT2D eigenvalue weighted by molar-refractivity contribution is 0.649. The fraction of sp³-hybridized carbons (Fsp3) is 0.0333. The van der Waals surface area contributed by atoms with Crippen molar-refractivity contribution in [1.29, 1.82) is 0 Å². The molecular formula is C60H38N2. The molecule has 288 valence electrons. The smallest absolute Gasteiger partial charge is 0.160 e. The third-order valence-electron chi connectivity index (χ3n) is 13.4. The van der Waals surface area contributed by atoms with E-state index < -0.39 is 0 Å². The van der Waals surface area contributed by atoms with Crippen molar-refractivity contribution in [3.8, 4) is 56.2 Å². The zero-order valence-electron chi connectivity index (χ0n) is 33.8. The van der Waals surface area contributed by atoms with Gasteiger partial charge in [0.2, 0.25) is 0 Å². The Labute approximate surface area is 360 Å². The van der Waals surface area contributed by atoms with Gasteiger partial charge in [-0.3, -0.25) is 0 Å². The summed E-state index contributed by atoms with van der Waals surface area (Å²) in [5, 5.41) is 7.50. The van der Waals surface area contributed by atoms with Crippen LogP contribution < -0.4 is 0 Å². The van der Waals surface area contributed by atoms with E-state index in [2.05, 4.69) is 218 Å². The van der Waals surface area contributed by atoms with E-state index in [1.807, 2.05) is 0 Å². The number of aromatic nitrogens is 2. The van der Waals surface area contributed by atoms with Crippen LogP contribution in [-0.2, 0) is 0 Å². The maximum Gasteiger partial charge on any atom is 0.160 e. The Kier molecular flexibility index (Phi) is 7.77. The second kappa shape index (κ2) is 13.8. The molecule has 2 unspecified atom stereocenters. The van der Waals surface area contributed by atoms with Crippen molar-refractivity contribution in [3.63, 3.8) is 0 Å². The van der Waals surface area contributed by atoms with E-state index in [0.29, 0.717) is 0 Å². The summed E-state index contributed by atoms with van der Waals surface area (Å²) < 4.78 is 0. The summed E-state index contributed by atoms with van der Waals surface area (Å²) in [7, 11) is 0. The van der Waals surface area contributed by atoms with Crippen LogP contribution >= 0.6 is 0 Å². The number of nitrogens with zero attached hydrogens (tertiary/aromatic N) is 2. The zero-order chi connectivity index (χ0) is 40.7. The first-order valence-electron chi connectivity index (χ1n) is 21.6. The highest BCUT2D eigenvalue weighted by Crippen LogP contribution is 2.53. The molecule has 3 aliphatic carbocycles. The van der Waals surface area contributed by atoms with E-state index >= 15 is 0 Å². The first-order valence-corrected chi connectivity index (χ1v) is 21.6. The third-order valence-corrected chi connectivity index (χ3v) is 13.4. The van der Waals surface area contributed by atoms with E-state index in [0.717, 1.165) is 45.0 Å². The summed E-state index contributed by atoms with van der Waals surface area (Å²) in [5.41, 5.74) is 17.7. The van der Waals surface area contributed by atoms with Crippen LogP contribution in [0.1, 0.15) is 28.2 Å². The predicted octanol–water partition coefficient (Wildman–Crippen LogP) is 15.3. The molecule has 0 saturated carbocycles. The van der Waals surface area contributed by atoms with Crippen LogP contribution in [0.2, 0.25) is 0 Å². The van der Waals surface area contributed by atoms with E-state index in [4.69, 9.17) is 9.97 Å². The summed E-state index contributed by atoms with van der Waals surface area (Å²) >= 11 is 0. The molecule has 13 rings (SSSR count). The van der Waals surface area contributed by atoms with Gasteiger partial charge in [0, 0.05) is 34.1 Å². The summed E-state index contributed by atoms with van der Waals surface area (Å²) in [5.74, 6) is 1.07. The molecule has 0 amide bonds. The maximum atomic E-state index is 5.41. The fourth-order valence-corrected chi connectivity index (χ4v) is 10.6. The average molecular weight is 787 g/mol. The van der Waals surface area contributed by atoms with Gasteiger partial charge in [-0.15, -0.1) is 0 Å². The molecule has 1 aromatic heterocycles. The summed E-state index contributed by atoms with van der Waals surface area (Å²) in [6.07, 6.45) is 9.21. The molecule has 9 aromatic carbocycles. The third kappa shape index (κ3) is 5.43. The molecule has 3 aliphatic rings. The molecule has 0 aliphatic heterocycles. The van der Waals surface area contributed by atoms with Crippen LogP contribution in [0.15, 0.2) is 224 Å². The predicted molar refractivity (Wildman–Crippen MR) is 258 cm³/mol. The number of allylic oxidation sites excluding steroid dienone is 5. The highest BCUT2D eigenvalue weighted by molar-refractivity contribution is 6.17. The van der Waals surface area contributed by atoms with Gasteiger partial charge in [-0.05, 0) is 101 Å². The van der Waals surface area contributed by atoms with Gasteiger partial charge in [-0.25, -0.2) is 9.97 Å². The number of hydrogen-bond donors (Lipinski definition) is 0. The normalized spacial score (nSPS) is 15.9. The van der Waals surface area contributed by atoms with Crippen molar-refractivity contribution < 1.29 is 0 Å². The minimum Gasteiger partial charge on any atom is -0.227 e. The van der Waals surface area contributed by atoms with Gasteiger partial charge in [0.15, 0.2) is 5.82 Å². The Morgan fingerprint density at radius 2 is 1.03 bits per heavy atom. The monoisotopic (exact) mass is 786 g/mol. The number of benzene rings is 9. The van der Waals surface area contributed by atoms with Crippen molar-refractivity contribution in [3.05, 3.63) is 246 Å². The Balaban J connectivity index is 0.996. The minimum absolute atomic E-state index is 0.153. The molecule has 0 bridgehead atoms. The summed E-state index contributed by atoms with van der Waals surface area (Å²) in [4.78, 5) is 10.8. The van der Waals surface area contributed by atoms with Gasteiger partial charge in [0.1, 0.15) is 0 Å². The van der Waals surface area contributed by atoms with Crippen LogP contribution in [0.4, 0.5) is 0 Å². The van der Waals surface area contributed by atoms with Gasteiger partial charge in [-0.2, -0.15) is 0 Å². The van der Waals surface area contributed by atoms with Crippen molar-refractivity contribution in [2.24, 2.45) is 5.92 Å². The van der Waals surface area contributed by atoms with Gasteiger partial charge in [-0.1, -0.05) is 200 Å². The van der Waals surface area contributed by atoms with Crippen molar-refractivity contribution in [1.82, 2.24) is 9.97 Å². The van der Waals surface area contributed by atoms with Crippen LogP contribution in [0, 0.1) is 5.92 Å². The molecule has 2 atom stereocenters. The average Bonchev–Trinajstić information content (AvgIpc) is 3.67. The highest BCUT2D eigenvalue weighted by atomic mass is 14.9. The Bertz CT molecular complexity index is 3580. The van der Waals surface area contributed by atoms with Gasteiger partial charge in [0.25, 0.3) is 0 Å². The molecule has 0 fully saturated rings. The Morgan fingerprint density at radius 1 is 0.387 bits per heavy atom. The van der Waals surface area contributed by atoms with Gasteiger partial charge < -0.3 is 0 Å². The van der Waals surface area contributed by atoms with Crippen LogP contribution in [-0.4, -0.2) is 9.97 Å². The van der Waals surface area contributed by atoms with Crippen molar-refractivity contribution >= 4 is 37.9 Å². The summed E-state index contributed by atoms with van der Waals surface area (Å²) in [6.45, 7) is 0. The molecule has 62 heavy (non-hydrogen) atoms. The molecule has 10 aromatic rings. The fourth-order valence-electron chi connectivity index (χ4n) is 10.6. The number of hydrogen-bond acceptors (Lipinski definition) is 2. The van der Waals surface area contributed by atoms with Gasteiger partial charge >= 0.3 is 0 Å². The zero-order valence-corrected chi connectivity index (χ0v) is 33.8. The summed E-state index contributed by atoms with van der Waals surface area (Å²) in [6, 6.07) is 71.1. The molecule has 0 saturated heterocycles. The topological polar surface area (TPSA) is 25.8 Å². The van der Waals surface area contributed by atoms with Crippen molar-refractivity contribution in [2.75, 3.05) is 0 Å². The lowest BCUT2D eigenvalue weighted by Crippen LogP contribution is -2.23. The molecule has 2 nitrogen and oxygen atoms in total. The van der Waals surface area contributed by atoms with E-state index in [-0.39, 0.29) is 11.8 Å². The molecule has 0 spiro atoms. The Hall–Kier alpha value is -7.94. The first kappa shape index (κ1) is 34.9. The molecule has 2 heteroatoms. The molecule has 0 radical (unpaired) electrons. The quantitative estimate of drug-likeness (QED) is 0.174. The first-order chi connectivity index (χ1) is 30.7. The van der Waals surface area contributed by atoms with Crippen LogP contribution in [0.5, 0.6) is 0 Å². The van der Waals surface area contributed by atoms with E-state index in [1.165, 1.54) is 76.8 Å². The molecule has 1 heterocycles. The SMILES string of the molecule is C1=CC2=C(c3ccc4ccccc4c3)c3cc(-c4cccc(-c5nc(-c6ccccc6)c6c(n5)-c5cccc7cccc-6c57)c4)ccc3C(c3ccc4ccccc4c3)C2C=C1. The minimum atomic E-state index is 0.153. The molecular weight excluding hydrogens is 749 g/mol. The molecule has 0 N–H and O–H groups in total. The van der Waals surface area contributed by atoms with Crippen LogP contribution in [0.25, 0.3) is 94.0 Å².